The maximum atomic E-state index is 13.1. The molecule has 1 atom stereocenters. The quantitative estimate of drug-likeness (QED) is 0.597. The highest BCUT2D eigenvalue weighted by Crippen LogP contribution is 2.27. The molecule has 0 saturated heterocycles. The van der Waals surface area contributed by atoms with E-state index in [1.807, 2.05) is 19.1 Å². The minimum Gasteiger partial charge on any atom is -0.310 e. The second-order valence-corrected chi connectivity index (χ2v) is 6.70. The topological polar surface area (TPSA) is 12.0 Å². The van der Waals surface area contributed by atoms with Gasteiger partial charge >= 0.3 is 0 Å². The predicted octanol–water partition coefficient (Wildman–Crippen LogP) is 5.63. The van der Waals surface area contributed by atoms with Gasteiger partial charge in [-0.05, 0) is 70.9 Å². The van der Waals surface area contributed by atoms with E-state index in [1.54, 1.807) is 6.07 Å². The van der Waals surface area contributed by atoms with Crippen LogP contribution < -0.4 is 5.32 Å². The Hall–Kier alpha value is -0.360. The lowest BCUT2D eigenvalue weighted by Gasteiger charge is -2.20. The Labute approximate surface area is 148 Å². The average Bonchev–Trinajstić information content (AvgIpc) is 2.44. The molecule has 2 aromatic carbocycles. The van der Waals surface area contributed by atoms with E-state index in [0.29, 0.717) is 11.4 Å². The standard InChI is InChI=1S/C16H15Cl2FIN/c1-2-21-16(11-4-6-15(20)14(18)7-11)8-10-3-5-12(19)9-13(10)17/h3-7,9,16,21H,2,8H2,1H3. The lowest BCUT2D eigenvalue weighted by Crippen LogP contribution is -2.23. The molecule has 0 aliphatic heterocycles. The Balaban J connectivity index is 2.28. The Bertz CT molecular complexity index is 634. The van der Waals surface area contributed by atoms with Crippen LogP contribution in [0, 0.1) is 9.39 Å². The first-order valence-corrected chi connectivity index (χ1v) is 8.47. The molecule has 112 valence electrons. The van der Waals surface area contributed by atoms with Gasteiger partial charge in [0.2, 0.25) is 0 Å². The highest BCUT2D eigenvalue weighted by atomic mass is 127. The molecule has 0 amide bonds. The first kappa shape index (κ1) is 17.0. The van der Waals surface area contributed by atoms with E-state index < -0.39 is 0 Å². The molecule has 21 heavy (non-hydrogen) atoms. The highest BCUT2D eigenvalue weighted by Gasteiger charge is 2.14. The zero-order valence-electron chi connectivity index (χ0n) is 11.5. The van der Waals surface area contributed by atoms with Gasteiger partial charge in [0, 0.05) is 14.6 Å². The van der Waals surface area contributed by atoms with E-state index >= 15 is 0 Å². The lowest BCUT2D eigenvalue weighted by molar-refractivity contribution is 0.549. The van der Waals surface area contributed by atoms with Crippen molar-refractivity contribution in [2.24, 2.45) is 0 Å². The molecule has 0 aliphatic rings. The summed E-state index contributed by atoms with van der Waals surface area (Å²) in [6, 6.07) is 10.6. The van der Waals surface area contributed by atoms with Gasteiger partial charge in [-0.15, -0.1) is 0 Å². The average molecular weight is 438 g/mol. The van der Waals surface area contributed by atoms with Gasteiger partial charge in [-0.25, -0.2) is 4.39 Å². The van der Waals surface area contributed by atoms with Crippen molar-refractivity contribution in [1.82, 2.24) is 5.32 Å². The van der Waals surface area contributed by atoms with Crippen LogP contribution in [0.1, 0.15) is 24.1 Å². The molecular formula is C16H15Cl2FIN. The van der Waals surface area contributed by atoms with Crippen LogP contribution in [0.15, 0.2) is 36.4 Å². The SMILES string of the molecule is CCNC(Cc1ccc(F)cc1Cl)c1ccc(I)c(Cl)c1. The highest BCUT2D eigenvalue weighted by molar-refractivity contribution is 14.1. The normalized spacial score (nSPS) is 12.4. The minimum atomic E-state index is -0.318. The summed E-state index contributed by atoms with van der Waals surface area (Å²) in [6.07, 6.45) is 0.684. The van der Waals surface area contributed by atoms with Crippen LogP contribution in [0.25, 0.3) is 0 Å². The third kappa shape index (κ3) is 4.55. The van der Waals surface area contributed by atoms with E-state index in [4.69, 9.17) is 23.2 Å². The second-order valence-electron chi connectivity index (χ2n) is 4.72. The minimum absolute atomic E-state index is 0.0902. The van der Waals surface area contributed by atoms with E-state index in [0.717, 1.165) is 26.3 Å². The van der Waals surface area contributed by atoms with Gasteiger partial charge in [-0.1, -0.05) is 42.3 Å². The van der Waals surface area contributed by atoms with Gasteiger partial charge in [-0.2, -0.15) is 0 Å². The Kier molecular flexibility index (Phi) is 6.29. The molecule has 5 heteroatoms. The second kappa shape index (κ2) is 7.77. The first-order chi connectivity index (χ1) is 10.0. The van der Waals surface area contributed by atoms with Gasteiger partial charge in [0.25, 0.3) is 0 Å². The summed E-state index contributed by atoms with van der Waals surface area (Å²) in [5, 5.41) is 4.61. The van der Waals surface area contributed by atoms with Crippen LogP contribution in [-0.2, 0) is 6.42 Å². The van der Waals surface area contributed by atoms with E-state index in [-0.39, 0.29) is 11.9 Å². The summed E-state index contributed by atoms with van der Waals surface area (Å²) in [7, 11) is 0. The molecule has 2 rings (SSSR count). The van der Waals surface area contributed by atoms with E-state index in [9.17, 15) is 4.39 Å². The van der Waals surface area contributed by atoms with Crippen molar-refractivity contribution in [3.05, 3.63) is 67.0 Å². The van der Waals surface area contributed by atoms with Crippen LogP contribution in [0.2, 0.25) is 10.0 Å². The van der Waals surface area contributed by atoms with Crippen molar-refractivity contribution < 1.29 is 4.39 Å². The molecule has 0 radical (unpaired) electrons. The summed E-state index contributed by atoms with van der Waals surface area (Å²) in [4.78, 5) is 0. The number of rotatable bonds is 5. The van der Waals surface area contributed by atoms with Crippen LogP contribution in [0.5, 0.6) is 0 Å². The van der Waals surface area contributed by atoms with Crippen molar-refractivity contribution in [3.8, 4) is 0 Å². The maximum absolute atomic E-state index is 13.1. The monoisotopic (exact) mass is 437 g/mol. The van der Waals surface area contributed by atoms with Gasteiger partial charge < -0.3 is 5.32 Å². The number of likely N-dealkylation sites (N-methyl/N-ethyl adjacent to an activating group) is 1. The first-order valence-electron chi connectivity index (χ1n) is 6.63. The fraction of sp³-hybridized carbons (Fsp3) is 0.250. The smallest absolute Gasteiger partial charge is 0.124 e. The lowest BCUT2D eigenvalue weighted by atomic mass is 9.98. The fourth-order valence-corrected chi connectivity index (χ4v) is 2.96. The van der Waals surface area contributed by atoms with Crippen molar-refractivity contribution in [2.45, 2.75) is 19.4 Å². The summed E-state index contributed by atoms with van der Waals surface area (Å²) < 4.78 is 14.2. The van der Waals surface area contributed by atoms with Crippen LogP contribution in [0.3, 0.4) is 0 Å². The van der Waals surface area contributed by atoms with Gasteiger partial charge in [-0.3, -0.25) is 0 Å². The molecule has 0 aliphatic carbocycles. The Morgan fingerprint density at radius 2 is 1.90 bits per heavy atom. The number of nitrogens with one attached hydrogen (secondary N) is 1. The van der Waals surface area contributed by atoms with Crippen LogP contribution in [0.4, 0.5) is 4.39 Å². The molecule has 1 nitrogen and oxygen atoms in total. The van der Waals surface area contributed by atoms with Crippen molar-refractivity contribution in [2.75, 3.05) is 6.54 Å². The predicted molar refractivity (Wildman–Crippen MR) is 95.7 cm³/mol. The molecule has 0 aromatic heterocycles. The summed E-state index contributed by atoms with van der Waals surface area (Å²) in [5.74, 6) is -0.318. The largest absolute Gasteiger partial charge is 0.310 e. The van der Waals surface area contributed by atoms with Gasteiger partial charge in [0.15, 0.2) is 0 Å². The van der Waals surface area contributed by atoms with Crippen molar-refractivity contribution in [1.29, 1.82) is 0 Å². The molecule has 1 unspecified atom stereocenters. The Morgan fingerprint density at radius 3 is 2.52 bits per heavy atom. The van der Waals surface area contributed by atoms with Gasteiger partial charge in [0.05, 0.1) is 5.02 Å². The number of halogens is 4. The van der Waals surface area contributed by atoms with Crippen LogP contribution in [-0.4, -0.2) is 6.54 Å². The summed E-state index contributed by atoms with van der Waals surface area (Å²) in [5.41, 5.74) is 2.02. The zero-order chi connectivity index (χ0) is 15.4. The third-order valence-electron chi connectivity index (χ3n) is 3.24. The molecule has 0 bridgehead atoms. The molecule has 2 aromatic rings. The molecule has 0 spiro atoms. The van der Waals surface area contributed by atoms with Crippen LogP contribution >= 0.6 is 45.8 Å². The van der Waals surface area contributed by atoms with Crippen molar-refractivity contribution in [3.63, 3.8) is 0 Å². The zero-order valence-corrected chi connectivity index (χ0v) is 15.1. The molecule has 0 fully saturated rings. The fourth-order valence-electron chi connectivity index (χ4n) is 2.19. The maximum Gasteiger partial charge on any atom is 0.124 e. The van der Waals surface area contributed by atoms with E-state index in [1.165, 1.54) is 12.1 Å². The molecule has 0 heterocycles. The molecule has 0 saturated carbocycles. The summed E-state index contributed by atoms with van der Waals surface area (Å²) in [6.45, 7) is 2.88. The Morgan fingerprint density at radius 1 is 1.14 bits per heavy atom. The number of benzene rings is 2. The number of hydrogen-bond donors (Lipinski definition) is 1. The third-order valence-corrected chi connectivity index (χ3v) is 5.16. The molecule has 1 N–H and O–H groups in total. The van der Waals surface area contributed by atoms with E-state index in [2.05, 4.69) is 34.0 Å². The van der Waals surface area contributed by atoms with Gasteiger partial charge in [0.1, 0.15) is 5.82 Å². The number of hydrogen-bond acceptors (Lipinski definition) is 1. The summed E-state index contributed by atoms with van der Waals surface area (Å²) >= 11 is 14.5. The molecular weight excluding hydrogens is 423 g/mol. The van der Waals surface area contributed by atoms with Crippen molar-refractivity contribution >= 4 is 45.8 Å².